The number of hydrogen-bond donors (Lipinski definition) is 2. The second-order valence-corrected chi connectivity index (χ2v) is 5.53. The highest BCUT2D eigenvalue weighted by atomic mass is 16.7. The van der Waals surface area contributed by atoms with Gasteiger partial charge in [-0.15, -0.1) is 0 Å². The molecule has 9 heteroatoms. The SMILES string of the molecule is Cc1ccc(NCC(=O)NN=Cc2cc3c(cc2[N+](=O)[O-])OCO3)cc1. The number of amides is 1. The number of nitrogens with one attached hydrogen (secondary N) is 2. The van der Waals surface area contributed by atoms with Gasteiger partial charge in [-0.2, -0.15) is 5.10 Å². The van der Waals surface area contributed by atoms with Gasteiger partial charge in [0.2, 0.25) is 6.79 Å². The topological polar surface area (TPSA) is 115 Å². The Kier molecular flexibility index (Phi) is 4.97. The number of nitro groups is 1. The number of hydrazone groups is 1. The molecule has 2 aromatic rings. The van der Waals surface area contributed by atoms with Gasteiger partial charge in [-0.3, -0.25) is 14.9 Å². The van der Waals surface area contributed by atoms with Crippen LogP contribution in [0.5, 0.6) is 11.5 Å². The van der Waals surface area contributed by atoms with E-state index in [1.807, 2.05) is 31.2 Å². The molecule has 3 rings (SSSR count). The van der Waals surface area contributed by atoms with E-state index in [4.69, 9.17) is 9.47 Å². The van der Waals surface area contributed by atoms with Gasteiger partial charge in [0.1, 0.15) is 0 Å². The van der Waals surface area contributed by atoms with Gasteiger partial charge in [0.05, 0.1) is 29.3 Å². The maximum Gasteiger partial charge on any atom is 0.282 e. The number of rotatable bonds is 6. The number of nitrogens with zero attached hydrogens (tertiary/aromatic N) is 2. The van der Waals surface area contributed by atoms with E-state index in [2.05, 4.69) is 15.8 Å². The maximum absolute atomic E-state index is 11.8. The fourth-order valence-electron chi connectivity index (χ4n) is 2.28. The number of anilines is 1. The third-order valence-corrected chi connectivity index (χ3v) is 3.62. The lowest BCUT2D eigenvalue weighted by Gasteiger charge is -2.05. The number of carbonyl (C=O) groups is 1. The second kappa shape index (κ2) is 7.51. The Balaban J connectivity index is 1.60. The molecule has 0 saturated heterocycles. The van der Waals surface area contributed by atoms with Crippen molar-refractivity contribution < 1.29 is 19.2 Å². The summed E-state index contributed by atoms with van der Waals surface area (Å²) in [7, 11) is 0. The van der Waals surface area contributed by atoms with Crippen LogP contribution in [-0.2, 0) is 4.79 Å². The highest BCUT2D eigenvalue weighted by Gasteiger charge is 2.22. The fraction of sp³-hybridized carbons (Fsp3) is 0.176. The normalized spacial score (nSPS) is 12.2. The Morgan fingerprint density at radius 2 is 1.96 bits per heavy atom. The Morgan fingerprint density at radius 1 is 1.27 bits per heavy atom. The van der Waals surface area contributed by atoms with Crippen molar-refractivity contribution in [3.8, 4) is 11.5 Å². The van der Waals surface area contributed by atoms with Crippen molar-refractivity contribution >= 4 is 23.5 Å². The lowest BCUT2D eigenvalue weighted by Crippen LogP contribution is -2.25. The van der Waals surface area contributed by atoms with Crippen LogP contribution in [0.15, 0.2) is 41.5 Å². The van der Waals surface area contributed by atoms with Gasteiger partial charge < -0.3 is 14.8 Å². The van der Waals surface area contributed by atoms with Gasteiger partial charge >= 0.3 is 0 Å². The van der Waals surface area contributed by atoms with Crippen molar-refractivity contribution in [2.24, 2.45) is 5.10 Å². The first-order valence-corrected chi connectivity index (χ1v) is 7.73. The Morgan fingerprint density at radius 3 is 2.65 bits per heavy atom. The molecule has 0 aromatic heterocycles. The maximum atomic E-state index is 11.8. The monoisotopic (exact) mass is 356 g/mol. The van der Waals surface area contributed by atoms with Crippen LogP contribution in [0.4, 0.5) is 11.4 Å². The lowest BCUT2D eigenvalue weighted by molar-refractivity contribution is -0.385. The zero-order valence-corrected chi connectivity index (χ0v) is 13.9. The second-order valence-electron chi connectivity index (χ2n) is 5.53. The molecule has 0 aliphatic carbocycles. The van der Waals surface area contributed by atoms with Crippen LogP contribution in [0.2, 0.25) is 0 Å². The minimum absolute atomic E-state index is 0.00843. The average Bonchev–Trinajstić information content (AvgIpc) is 3.08. The minimum Gasteiger partial charge on any atom is -0.454 e. The molecule has 0 spiro atoms. The van der Waals surface area contributed by atoms with Crippen molar-refractivity contribution in [2.45, 2.75) is 6.92 Å². The fourth-order valence-corrected chi connectivity index (χ4v) is 2.28. The van der Waals surface area contributed by atoms with Gasteiger partial charge in [0, 0.05) is 5.69 Å². The van der Waals surface area contributed by atoms with Crippen molar-refractivity contribution in [1.29, 1.82) is 0 Å². The van der Waals surface area contributed by atoms with Crippen molar-refractivity contribution in [3.05, 3.63) is 57.6 Å². The Labute approximate surface area is 148 Å². The summed E-state index contributed by atoms with van der Waals surface area (Å²) in [6, 6.07) is 10.3. The Bertz CT molecular complexity index is 864. The summed E-state index contributed by atoms with van der Waals surface area (Å²) in [5.74, 6) is 0.315. The van der Waals surface area contributed by atoms with Gasteiger partial charge in [-0.1, -0.05) is 17.7 Å². The van der Waals surface area contributed by atoms with Crippen molar-refractivity contribution in [1.82, 2.24) is 5.43 Å². The quantitative estimate of drug-likeness (QED) is 0.466. The molecule has 0 radical (unpaired) electrons. The van der Waals surface area contributed by atoms with Crippen LogP contribution in [0, 0.1) is 17.0 Å². The molecular formula is C17H16N4O5. The summed E-state index contributed by atoms with van der Waals surface area (Å²) in [5.41, 5.74) is 4.26. The standard InChI is InChI=1S/C17H16N4O5/c1-11-2-4-13(5-3-11)18-9-17(22)20-19-8-12-6-15-16(26-10-25-15)7-14(12)21(23)24/h2-8,18H,9-10H2,1H3,(H,20,22). The molecule has 2 aromatic carbocycles. The largest absolute Gasteiger partial charge is 0.454 e. The molecule has 2 N–H and O–H groups in total. The number of ether oxygens (including phenoxy) is 2. The number of carbonyl (C=O) groups excluding carboxylic acids is 1. The first-order chi connectivity index (χ1) is 12.5. The van der Waals surface area contributed by atoms with Crippen molar-refractivity contribution in [3.63, 3.8) is 0 Å². The highest BCUT2D eigenvalue weighted by Crippen LogP contribution is 2.37. The highest BCUT2D eigenvalue weighted by molar-refractivity contribution is 5.88. The smallest absolute Gasteiger partial charge is 0.282 e. The number of fused-ring (bicyclic) bond motifs is 1. The van der Waals surface area contributed by atoms with E-state index in [9.17, 15) is 14.9 Å². The molecule has 1 aliphatic heterocycles. The van der Waals surface area contributed by atoms with Crippen LogP contribution in [0.25, 0.3) is 0 Å². The van der Waals surface area contributed by atoms with E-state index in [1.165, 1.54) is 18.3 Å². The lowest BCUT2D eigenvalue weighted by atomic mass is 10.1. The molecule has 9 nitrogen and oxygen atoms in total. The number of nitro benzene ring substituents is 1. The summed E-state index contributed by atoms with van der Waals surface area (Å²) in [5, 5.41) is 17.9. The van der Waals surface area contributed by atoms with Gasteiger partial charge in [-0.05, 0) is 25.1 Å². The number of aryl methyl sites for hydroxylation is 1. The van der Waals surface area contributed by atoms with Crippen LogP contribution in [0.1, 0.15) is 11.1 Å². The summed E-state index contributed by atoms with van der Waals surface area (Å²) in [4.78, 5) is 22.4. The summed E-state index contributed by atoms with van der Waals surface area (Å²) < 4.78 is 10.3. The van der Waals surface area contributed by atoms with Gasteiger partial charge in [0.25, 0.3) is 11.6 Å². The predicted octanol–water partition coefficient (Wildman–Crippen LogP) is 2.19. The van der Waals surface area contributed by atoms with E-state index >= 15 is 0 Å². The van der Waals surface area contributed by atoms with E-state index < -0.39 is 4.92 Å². The van der Waals surface area contributed by atoms with Crippen molar-refractivity contribution in [2.75, 3.05) is 18.7 Å². The third kappa shape index (κ3) is 4.07. The van der Waals surface area contributed by atoms with E-state index in [0.29, 0.717) is 11.5 Å². The summed E-state index contributed by atoms with van der Waals surface area (Å²) in [6.45, 7) is 2.00. The summed E-state index contributed by atoms with van der Waals surface area (Å²) >= 11 is 0. The molecule has 1 heterocycles. The van der Waals surface area contributed by atoms with E-state index in [-0.39, 0.29) is 30.5 Å². The molecule has 134 valence electrons. The minimum atomic E-state index is -0.552. The first-order valence-electron chi connectivity index (χ1n) is 7.73. The van der Waals surface area contributed by atoms with Crippen LogP contribution < -0.4 is 20.2 Å². The molecule has 0 atom stereocenters. The Hall–Kier alpha value is -3.62. The molecule has 0 bridgehead atoms. The average molecular weight is 356 g/mol. The predicted molar refractivity (Wildman–Crippen MR) is 94.6 cm³/mol. The van der Waals surface area contributed by atoms with Gasteiger partial charge in [-0.25, -0.2) is 5.43 Å². The number of benzene rings is 2. The number of hydrogen-bond acceptors (Lipinski definition) is 7. The van der Waals surface area contributed by atoms with Crippen LogP contribution >= 0.6 is 0 Å². The zero-order chi connectivity index (χ0) is 18.5. The molecule has 0 fully saturated rings. The van der Waals surface area contributed by atoms with Crippen LogP contribution in [-0.4, -0.2) is 30.4 Å². The van der Waals surface area contributed by atoms with Gasteiger partial charge in [0.15, 0.2) is 11.5 Å². The summed E-state index contributed by atoms with van der Waals surface area (Å²) in [6.07, 6.45) is 1.20. The molecule has 0 saturated carbocycles. The van der Waals surface area contributed by atoms with E-state index in [0.717, 1.165) is 11.3 Å². The van der Waals surface area contributed by atoms with E-state index in [1.54, 1.807) is 0 Å². The molecular weight excluding hydrogens is 340 g/mol. The third-order valence-electron chi connectivity index (χ3n) is 3.62. The first kappa shape index (κ1) is 17.2. The zero-order valence-electron chi connectivity index (χ0n) is 13.9. The molecule has 1 amide bonds. The molecule has 1 aliphatic rings. The molecule has 0 unspecified atom stereocenters. The molecule has 26 heavy (non-hydrogen) atoms. The van der Waals surface area contributed by atoms with Crippen LogP contribution in [0.3, 0.4) is 0 Å².